The molecule has 0 saturated heterocycles. The van der Waals surface area contributed by atoms with E-state index in [1.807, 2.05) is 54.6 Å². The van der Waals surface area contributed by atoms with Crippen LogP contribution in [-0.4, -0.2) is 34.4 Å². The molecule has 0 radical (unpaired) electrons. The normalized spacial score (nSPS) is 13.1. The number of carbonyl (C=O) groups excluding carboxylic acids is 1. The molecule has 3 aromatic rings. The molecule has 29 heavy (non-hydrogen) atoms. The molecule has 148 valence electrons. The van der Waals surface area contributed by atoms with Crippen molar-refractivity contribution in [3.63, 3.8) is 0 Å². The smallest absolute Gasteiger partial charge is 0.254 e. The highest BCUT2D eigenvalue weighted by molar-refractivity contribution is 5.76. The first-order chi connectivity index (χ1) is 14.1. The molecule has 1 aliphatic heterocycles. The summed E-state index contributed by atoms with van der Waals surface area (Å²) in [4.78, 5) is 34.5. The summed E-state index contributed by atoms with van der Waals surface area (Å²) < 4.78 is 5.16. The maximum atomic E-state index is 12.7. The molecule has 4 rings (SSSR count). The minimum absolute atomic E-state index is 0.0785. The second kappa shape index (κ2) is 8.31. The van der Waals surface area contributed by atoms with Crippen LogP contribution in [0.2, 0.25) is 0 Å². The number of nitrogens with one attached hydrogen (secondary N) is 1. The summed E-state index contributed by atoms with van der Waals surface area (Å²) in [6.45, 7) is 0.921. The van der Waals surface area contributed by atoms with Crippen LogP contribution >= 0.6 is 0 Å². The summed E-state index contributed by atoms with van der Waals surface area (Å²) >= 11 is 0. The average Bonchev–Trinajstić information content (AvgIpc) is 2.78. The van der Waals surface area contributed by atoms with Crippen LogP contribution in [0.25, 0.3) is 11.4 Å². The van der Waals surface area contributed by atoms with Crippen molar-refractivity contribution in [1.29, 1.82) is 0 Å². The lowest BCUT2D eigenvalue weighted by Crippen LogP contribution is -2.39. The zero-order valence-electron chi connectivity index (χ0n) is 16.4. The number of ether oxygens (including phenoxy) is 1. The van der Waals surface area contributed by atoms with Crippen molar-refractivity contribution in [2.75, 3.05) is 13.7 Å². The number of aromatic nitrogens is 2. The van der Waals surface area contributed by atoms with Gasteiger partial charge in [0.15, 0.2) is 0 Å². The van der Waals surface area contributed by atoms with Crippen LogP contribution in [0.5, 0.6) is 5.75 Å². The first-order valence-electron chi connectivity index (χ1n) is 9.72. The molecular weight excluding hydrogens is 366 g/mol. The van der Waals surface area contributed by atoms with E-state index in [1.165, 1.54) is 0 Å². The van der Waals surface area contributed by atoms with Crippen molar-refractivity contribution in [2.45, 2.75) is 25.8 Å². The molecule has 2 heterocycles. The van der Waals surface area contributed by atoms with Crippen molar-refractivity contribution in [2.24, 2.45) is 0 Å². The molecule has 6 heteroatoms. The number of methoxy groups -OCH3 is 1. The van der Waals surface area contributed by atoms with Crippen LogP contribution in [0.1, 0.15) is 23.2 Å². The molecule has 6 nitrogen and oxygen atoms in total. The number of fused-ring (bicyclic) bond motifs is 1. The lowest BCUT2D eigenvalue weighted by atomic mass is 10.0. The van der Waals surface area contributed by atoms with E-state index in [-0.39, 0.29) is 11.5 Å². The summed E-state index contributed by atoms with van der Waals surface area (Å²) in [6, 6.07) is 17.3. The van der Waals surface area contributed by atoms with Gasteiger partial charge < -0.3 is 14.6 Å². The van der Waals surface area contributed by atoms with Gasteiger partial charge in [0.25, 0.3) is 5.56 Å². The Morgan fingerprint density at radius 2 is 1.90 bits per heavy atom. The van der Waals surface area contributed by atoms with Gasteiger partial charge >= 0.3 is 0 Å². The van der Waals surface area contributed by atoms with Gasteiger partial charge in [0, 0.05) is 24.1 Å². The van der Waals surface area contributed by atoms with E-state index >= 15 is 0 Å². The van der Waals surface area contributed by atoms with Crippen molar-refractivity contribution in [1.82, 2.24) is 14.9 Å². The molecule has 0 fully saturated rings. The van der Waals surface area contributed by atoms with E-state index in [4.69, 9.17) is 4.74 Å². The number of hydrogen-bond acceptors (Lipinski definition) is 4. The van der Waals surface area contributed by atoms with Crippen LogP contribution in [0.15, 0.2) is 59.4 Å². The Hall–Kier alpha value is -3.41. The lowest BCUT2D eigenvalue weighted by molar-refractivity contribution is -0.132. The third kappa shape index (κ3) is 4.21. The standard InChI is InChI=1S/C23H23N3O3/c1-29-18-10-7-16(8-11-18)9-12-21(27)26-14-13-19-20(15-26)24-22(25-23(19)28)17-5-3-2-4-6-17/h2-8,10-11H,9,12-15H2,1H3,(H,24,25,28). The number of benzene rings is 2. The fourth-order valence-electron chi connectivity index (χ4n) is 3.59. The van der Waals surface area contributed by atoms with Crippen LogP contribution < -0.4 is 10.3 Å². The number of H-pyrrole nitrogens is 1. The highest BCUT2D eigenvalue weighted by Gasteiger charge is 2.24. The van der Waals surface area contributed by atoms with Gasteiger partial charge in [-0.3, -0.25) is 9.59 Å². The lowest BCUT2D eigenvalue weighted by Gasteiger charge is -2.28. The van der Waals surface area contributed by atoms with Crippen LogP contribution in [0.3, 0.4) is 0 Å². The third-order valence-corrected chi connectivity index (χ3v) is 5.26. The second-order valence-electron chi connectivity index (χ2n) is 7.12. The first kappa shape index (κ1) is 18.9. The number of aryl methyl sites for hydroxylation is 1. The molecule has 0 saturated carbocycles. The summed E-state index contributed by atoms with van der Waals surface area (Å²) in [5.74, 6) is 1.43. The number of aromatic amines is 1. The highest BCUT2D eigenvalue weighted by Crippen LogP contribution is 2.20. The molecule has 2 aromatic carbocycles. The SMILES string of the molecule is COc1ccc(CCC(=O)N2CCc3c(nc(-c4ccccc4)[nH]c3=O)C2)cc1. The van der Waals surface area contributed by atoms with Crippen LogP contribution in [0, 0.1) is 0 Å². The summed E-state index contributed by atoms with van der Waals surface area (Å²) in [5.41, 5.74) is 3.22. The zero-order chi connectivity index (χ0) is 20.2. The Balaban J connectivity index is 1.46. The van der Waals surface area contributed by atoms with Gasteiger partial charge in [0.05, 0.1) is 19.3 Å². The largest absolute Gasteiger partial charge is 0.497 e. The molecule has 1 aromatic heterocycles. The molecule has 0 unspecified atom stereocenters. The fourth-order valence-corrected chi connectivity index (χ4v) is 3.59. The Kier molecular flexibility index (Phi) is 5.42. The van der Waals surface area contributed by atoms with E-state index < -0.39 is 0 Å². The molecule has 0 bridgehead atoms. The molecule has 0 spiro atoms. The average molecular weight is 389 g/mol. The van der Waals surface area contributed by atoms with Crippen LogP contribution in [-0.2, 0) is 24.2 Å². The van der Waals surface area contributed by atoms with E-state index in [1.54, 1.807) is 12.0 Å². The van der Waals surface area contributed by atoms with Crippen molar-refractivity contribution >= 4 is 5.91 Å². The van der Waals surface area contributed by atoms with Crippen molar-refractivity contribution in [3.8, 4) is 17.1 Å². The van der Waals surface area contributed by atoms with Crippen molar-refractivity contribution in [3.05, 3.63) is 81.8 Å². The Labute approximate surface area is 169 Å². The second-order valence-corrected chi connectivity index (χ2v) is 7.12. The molecule has 0 aliphatic carbocycles. The van der Waals surface area contributed by atoms with Gasteiger partial charge in [-0.2, -0.15) is 0 Å². The van der Waals surface area contributed by atoms with E-state index in [9.17, 15) is 9.59 Å². The molecule has 1 N–H and O–H groups in total. The highest BCUT2D eigenvalue weighted by atomic mass is 16.5. The van der Waals surface area contributed by atoms with Gasteiger partial charge in [-0.25, -0.2) is 4.98 Å². The van der Waals surface area contributed by atoms with Gasteiger partial charge in [-0.15, -0.1) is 0 Å². The Bertz CT molecular complexity index is 1060. The predicted octanol–water partition coefficient (Wildman–Crippen LogP) is 2.96. The third-order valence-electron chi connectivity index (χ3n) is 5.26. The molecule has 1 aliphatic rings. The number of hydrogen-bond donors (Lipinski definition) is 1. The topological polar surface area (TPSA) is 75.3 Å². The first-order valence-corrected chi connectivity index (χ1v) is 9.72. The molecule has 0 atom stereocenters. The maximum absolute atomic E-state index is 12.7. The van der Waals surface area contributed by atoms with Gasteiger partial charge in [-0.05, 0) is 30.5 Å². The zero-order valence-corrected chi connectivity index (χ0v) is 16.4. The fraction of sp³-hybridized carbons (Fsp3) is 0.261. The minimum atomic E-state index is -0.112. The van der Waals surface area contributed by atoms with Gasteiger partial charge in [0.2, 0.25) is 5.91 Å². The van der Waals surface area contributed by atoms with E-state index in [0.717, 1.165) is 16.9 Å². The summed E-state index contributed by atoms with van der Waals surface area (Å²) in [7, 11) is 1.63. The maximum Gasteiger partial charge on any atom is 0.254 e. The van der Waals surface area contributed by atoms with Crippen molar-refractivity contribution < 1.29 is 9.53 Å². The van der Waals surface area contributed by atoms with E-state index in [0.29, 0.717) is 49.4 Å². The number of nitrogens with zero attached hydrogens (tertiary/aromatic N) is 2. The Morgan fingerprint density at radius 1 is 1.14 bits per heavy atom. The molecular formula is C23H23N3O3. The number of amides is 1. The Morgan fingerprint density at radius 3 is 2.62 bits per heavy atom. The quantitative estimate of drug-likeness (QED) is 0.728. The predicted molar refractivity (Wildman–Crippen MR) is 111 cm³/mol. The number of rotatable bonds is 5. The monoisotopic (exact) mass is 389 g/mol. The number of carbonyl (C=O) groups is 1. The van der Waals surface area contributed by atoms with Gasteiger partial charge in [0.1, 0.15) is 11.6 Å². The van der Waals surface area contributed by atoms with Gasteiger partial charge in [-0.1, -0.05) is 42.5 Å². The summed E-state index contributed by atoms with van der Waals surface area (Å²) in [5, 5.41) is 0. The van der Waals surface area contributed by atoms with Crippen LogP contribution in [0.4, 0.5) is 0 Å². The molecule has 1 amide bonds. The minimum Gasteiger partial charge on any atom is -0.497 e. The van der Waals surface area contributed by atoms with E-state index in [2.05, 4.69) is 9.97 Å². The summed E-state index contributed by atoms with van der Waals surface area (Å²) in [6.07, 6.45) is 1.63.